The van der Waals surface area contributed by atoms with Crippen molar-refractivity contribution in [2.75, 3.05) is 49.5 Å². The maximum atomic E-state index is 13.9. The van der Waals surface area contributed by atoms with Crippen LogP contribution in [0.5, 0.6) is 11.5 Å². The van der Waals surface area contributed by atoms with Gasteiger partial charge in [-0.2, -0.15) is 0 Å². The van der Waals surface area contributed by atoms with Crippen LogP contribution in [0.2, 0.25) is 5.02 Å². The zero-order chi connectivity index (χ0) is 43.9. The van der Waals surface area contributed by atoms with E-state index in [0.717, 1.165) is 68.1 Å². The molecule has 0 spiro atoms. The molecule has 0 atom stereocenters. The Morgan fingerprint density at radius 1 is 0.952 bits per heavy atom. The van der Waals surface area contributed by atoms with E-state index in [1.807, 2.05) is 24.3 Å². The highest BCUT2D eigenvalue weighted by molar-refractivity contribution is 7.90. The van der Waals surface area contributed by atoms with Crippen LogP contribution in [0.15, 0.2) is 95.7 Å². The molecule has 1 saturated heterocycles. The van der Waals surface area contributed by atoms with Crippen LogP contribution in [-0.4, -0.2) is 85.1 Å². The number of piperazine rings is 1. The van der Waals surface area contributed by atoms with Gasteiger partial charge in [-0.15, -0.1) is 0 Å². The molecule has 62 heavy (non-hydrogen) atoms. The van der Waals surface area contributed by atoms with E-state index in [4.69, 9.17) is 16.3 Å². The molecule has 1 amide bonds. The molecule has 328 valence electrons. The topological polar surface area (TPSA) is 140 Å². The fraction of sp³-hybridized carbons (Fsp3) is 0.404. The monoisotopic (exact) mass is 886 g/mol. The first kappa shape index (κ1) is 43.6. The van der Waals surface area contributed by atoms with Crippen molar-refractivity contribution in [2.24, 2.45) is 5.41 Å². The van der Waals surface area contributed by atoms with Crippen molar-refractivity contribution in [3.8, 4) is 11.5 Å². The van der Waals surface area contributed by atoms with Gasteiger partial charge in [0.25, 0.3) is 15.9 Å². The number of aromatic amines is 1. The molecular weight excluding hydrogens is 834 g/mol. The second-order valence-electron chi connectivity index (χ2n) is 17.9. The third-order valence-electron chi connectivity index (χ3n) is 12.6. The summed E-state index contributed by atoms with van der Waals surface area (Å²) >= 11 is 6.24. The lowest BCUT2D eigenvalue weighted by Crippen LogP contribution is -2.47. The number of carbonyl (C=O) groups excluding carboxylic acids is 1. The molecule has 3 aromatic carbocycles. The van der Waals surface area contributed by atoms with Crippen LogP contribution in [0.4, 0.5) is 20.2 Å². The van der Waals surface area contributed by atoms with Crippen LogP contribution in [-0.2, 0) is 10.0 Å². The molecule has 2 aromatic heterocycles. The van der Waals surface area contributed by atoms with Gasteiger partial charge in [-0.3, -0.25) is 9.69 Å². The van der Waals surface area contributed by atoms with Gasteiger partial charge in [0.1, 0.15) is 17.1 Å². The number of halogens is 3. The molecule has 1 aliphatic heterocycles. The van der Waals surface area contributed by atoms with Gasteiger partial charge in [0.15, 0.2) is 0 Å². The minimum absolute atomic E-state index is 0.0216. The Hall–Kier alpha value is -5.02. The van der Waals surface area contributed by atoms with Gasteiger partial charge in [-0.25, -0.2) is 26.9 Å². The number of aliphatic hydroxyl groups is 1. The first-order valence-corrected chi connectivity index (χ1v) is 23.0. The molecule has 0 bridgehead atoms. The van der Waals surface area contributed by atoms with E-state index in [2.05, 4.69) is 55.8 Å². The van der Waals surface area contributed by atoms with Crippen molar-refractivity contribution < 1.29 is 31.8 Å². The fourth-order valence-electron chi connectivity index (χ4n) is 8.74. The molecule has 3 aliphatic rings. The molecule has 0 unspecified atom stereocenters. The number of aromatic nitrogens is 2. The minimum atomic E-state index is -4.36. The third kappa shape index (κ3) is 10.1. The number of amides is 1. The molecule has 8 rings (SSSR count). The van der Waals surface area contributed by atoms with E-state index in [9.17, 15) is 27.1 Å². The number of hydrogen-bond donors (Lipinski definition) is 4. The second-order valence-corrected chi connectivity index (χ2v) is 20.0. The van der Waals surface area contributed by atoms with Crippen LogP contribution in [0, 0.1) is 12.3 Å². The van der Waals surface area contributed by atoms with Crippen LogP contribution < -0.4 is 19.7 Å². The number of rotatable bonds is 12. The van der Waals surface area contributed by atoms with Gasteiger partial charge in [-0.1, -0.05) is 43.2 Å². The second kappa shape index (κ2) is 17.3. The number of ether oxygens (including phenoxy) is 1. The van der Waals surface area contributed by atoms with Crippen molar-refractivity contribution in [2.45, 2.75) is 82.1 Å². The van der Waals surface area contributed by atoms with Crippen molar-refractivity contribution in [3.05, 3.63) is 112 Å². The standard InChI is InChI=1S/C47H53ClF2N6O5S/c1-31-24-38(9-11-41(31)53-30-46(58)15-17-47(49,50)18-16-46)62(59,60)54-44(57)39-10-8-36(26-42(39)61-37-25-33-13-19-51-43(33)52-28-37)56-22-20-55(21-23-56)29-34-12-14-45(2,3)27-40(34)32-4-6-35(48)7-5-32/h4-11,13,19,24-26,28,53,58H,12,14-18,20-23,27,29-30H2,1-3H3,(H,51,52)(H,54,57). The highest BCUT2D eigenvalue weighted by Gasteiger charge is 2.42. The zero-order valence-electron chi connectivity index (χ0n) is 35.2. The number of hydrogen-bond acceptors (Lipinski definition) is 9. The maximum Gasteiger partial charge on any atom is 0.268 e. The summed E-state index contributed by atoms with van der Waals surface area (Å²) < 4.78 is 63.3. The van der Waals surface area contributed by atoms with Crippen LogP contribution >= 0.6 is 11.6 Å². The Balaban J connectivity index is 0.977. The average molecular weight is 887 g/mol. The molecule has 2 aliphatic carbocycles. The Bertz CT molecular complexity index is 2600. The number of aryl methyl sites for hydroxylation is 1. The first-order chi connectivity index (χ1) is 29.4. The predicted molar refractivity (Wildman–Crippen MR) is 240 cm³/mol. The van der Waals surface area contributed by atoms with Crippen LogP contribution in [0.25, 0.3) is 16.6 Å². The fourth-order valence-corrected chi connectivity index (χ4v) is 9.91. The molecular formula is C47H53ClF2N6O5S. The predicted octanol–water partition coefficient (Wildman–Crippen LogP) is 9.57. The molecule has 4 N–H and O–H groups in total. The lowest BCUT2D eigenvalue weighted by Gasteiger charge is -2.39. The number of nitrogens with one attached hydrogen (secondary N) is 3. The number of nitrogens with zero attached hydrogens (tertiary/aromatic N) is 3. The van der Waals surface area contributed by atoms with Gasteiger partial charge >= 0.3 is 0 Å². The lowest BCUT2D eigenvalue weighted by molar-refractivity contribution is -0.0977. The SMILES string of the molecule is Cc1cc(S(=O)(=O)NC(=O)c2ccc(N3CCN(CC4=C(c5ccc(Cl)cc5)CC(C)(C)CC4)CC3)cc2Oc2cnc3[nH]ccc3c2)ccc1NCC1(O)CCC(F)(F)CC1. The van der Waals surface area contributed by atoms with Crippen LogP contribution in [0.1, 0.15) is 80.3 Å². The maximum absolute atomic E-state index is 13.9. The van der Waals surface area contributed by atoms with Crippen LogP contribution in [0.3, 0.4) is 0 Å². The normalized spacial score (nSPS) is 19.0. The summed E-state index contributed by atoms with van der Waals surface area (Å²) in [6.45, 7) is 10.4. The van der Waals surface area contributed by atoms with Gasteiger partial charge in [-0.05, 0) is 116 Å². The molecule has 11 nitrogen and oxygen atoms in total. The number of allylic oxidation sites excluding steroid dienone is 1. The summed E-state index contributed by atoms with van der Waals surface area (Å²) in [7, 11) is -4.36. The van der Waals surface area contributed by atoms with E-state index in [-0.39, 0.29) is 41.0 Å². The zero-order valence-corrected chi connectivity index (χ0v) is 36.8. The summed E-state index contributed by atoms with van der Waals surface area (Å²) in [6.07, 6.45) is 5.65. The van der Waals surface area contributed by atoms with Gasteiger partial charge in [0.2, 0.25) is 5.92 Å². The summed E-state index contributed by atoms with van der Waals surface area (Å²) in [5, 5.41) is 15.5. The molecule has 1 saturated carbocycles. The molecule has 5 aromatic rings. The number of benzene rings is 3. The smallest absolute Gasteiger partial charge is 0.268 e. The number of carbonyl (C=O) groups is 1. The Labute approximate surface area is 366 Å². The number of H-pyrrole nitrogens is 1. The van der Waals surface area contributed by atoms with E-state index in [1.54, 1.807) is 37.5 Å². The van der Waals surface area contributed by atoms with Crippen molar-refractivity contribution in [1.82, 2.24) is 19.6 Å². The molecule has 3 heterocycles. The first-order valence-electron chi connectivity index (χ1n) is 21.1. The Kier molecular flexibility index (Phi) is 12.2. The average Bonchev–Trinajstić information content (AvgIpc) is 3.71. The summed E-state index contributed by atoms with van der Waals surface area (Å²) in [4.78, 5) is 26.0. The summed E-state index contributed by atoms with van der Waals surface area (Å²) in [5.41, 5.74) is 5.66. The molecule has 15 heteroatoms. The van der Waals surface area contributed by atoms with Crippen molar-refractivity contribution >= 4 is 55.5 Å². The lowest BCUT2D eigenvalue weighted by atomic mass is 9.72. The van der Waals surface area contributed by atoms with Gasteiger partial charge in [0.05, 0.1) is 22.3 Å². The van der Waals surface area contributed by atoms with E-state index < -0.39 is 40.3 Å². The Morgan fingerprint density at radius 2 is 1.69 bits per heavy atom. The minimum Gasteiger partial charge on any atom is -0.455 e. The third-order valence-corrected chi connectivity index (χ3v) is 14.2. The number of fused-ring (bicyclic) bond motifs is 1. The quantitative estimate of drug-likeness (QED) is 0.0965. The highest BCUT2D eigenvalue weighted by Crippen LogP contribution is 2.44. The summed E-state index contributed by atoms with van der Waals surface area (Å²) in [5.74, 6) is -3.10. The van der Waals surface area contributed by atoms with Crippen molar-refractivity contribution in [3.63, 3.8) is 0 Å². The van der Waals surface area contributed by atoms with E-state index in [0.29, 0.717) is 22.6 Å². The molecule has 0 radical (unpaired) electrons. The largest absolute Gasteiger partial charge is 0.455 e. The number of alkyl halides is 2. The highest BCUT2D eigenvalue weighted by atomic mass is 35.5. The molecule has 2 fully saturated rings. The van der Waals surface area contributed by atoms with Gasteiger partial charge < -0.3 is 25.0 Å². The number of pyridine rings is 1. The number of sulfonamides is 1. The summed E-state index contributed by atoms with van der Waals surface area (Å²) in [6, 6.07) is 21.3. The van der Waals surface area contributed by atoms with Crippen molar-refractivity contribution in [1.29, 1.82) is 0 Å². The van der Waals surface area contributed by atoms with E-state index >= 15 is 0 Å². The van der Waals surface area contributed by atoms with Gasteiger partial charge in [0, 0.05) is 86.2 Å². The van der Waals surface area contributed by atoms with E-state index in [1.165, 1.54) is 34.9 Å². The Morgan fingerprint density at radius 3 is 2.42 bits per heavy atom. The number of anilines is 2.